The van der Waals surface area contributed by atoms with Crippen LogP contribution in [-0.4, -0.2) is 39.1 Å². The molecular weight excluding hydrogens is 544 g/mol. The Balaban J connectivity index is 1.30. The first kappa shape index (κ1) is 27.4. The standard InChI is InChI=1S/C30H29ClN6O2S/c1-5-36(6-2)22-10-11-26(19(4)14-22)37-34-24-15-18(3)23(17-25(24)35-37)32-30(40)33-29(38)28-13-12-27(39-28)20-8-7-9-21(31)16-20/h7-17H,5-6H2,1-4H3,(H2,32,33,38,40). The lowest BCUT2D eigenvalue weighted by molar-refractivity contribution is 0.0951. The topological polar surface area (TPSA) is 88.2 Å². The molecule has 0 aliphatic carbocycles. The molecule has 0 saturated heterocycles. The summed E-state index contributed by atoms with van der Waals surface area (Å²) in [5, 5.41) is 15.9. The summed E-state index contributed by atoms with van der Waals surface area (Å²) in [5.74, 6) is 0.213. The van der Waals surface area contributed by atoms with Crippen LogP contribution in [0.4, 0.5) is 11.4 Å². The first-order valence-electron chi connectivity index (χ1n) is 13.0. The molecule has 1 amide bonds. The van der Waals surface area contributed by atoms with Crippen molar-refractivity contribution in [1.82, 2.24) is 20.3 Å². The molecule has 0 aliphatic rings. The molecule has 5 rings (SSSR count). The quantitative estimate of drug-likeness (QED) is 0.205. The summed E-state index contributed by atoms with van der Waals surface area (Å²) in [6, 6.07) is 20.7. The average molecular weight is 573 g/mol. The van der Waals surface area contributed by atoms with Crippen LogP contribution in [-0.2, 0) is 0 Å². The van der Waals surface area contributed by atoms with Gasteiger partial charge in [0.15, 0.2) is 10.9 Å². The fourth-order valence-corrected chi connectivity index (χ4v) is 4.93. The summed E-state index contributed by atoms with van der Waals surface area (Å²) in [6.07, 6.45) is 0. The van der Waals surface area contributed by atoms with Gasteiger partial charge in [0.2, 0.25) is 0 Å². The molecular formula is C30H29ClN6O2S. The molecule has 10 heteroatoms. The Labute approximate surface area is 242 Å². The van der Waals surface area contributed by atoms with Gasteiger partial charge < -0.3 is 14.6 Å². The minimum Gasteiger partial charge on any atom is -0.451 e. The van der Waals surface area contributed by atoms with Crippen LogP contribution in [0.2, 0.25) is 5.02 Å². The Morgan fingerprint density at radius 2 is 1.73 bits per heavy atom. The van der Waals surface area contributed by atoms with Crippen molar-refractivity contribution in [2.24, 2.45) is 0 Å². The molecule has 2 aromatic heterocycles. The highest BCUT2D eigenvalue weighted by molar-refractivity contribution is 7.80. The third kappa shape index (κ3) is 5.71. The van der Waals surface area contributed by atoms with E-state index in [-0.39, 0.29) is 10.9 Å². The number of thiocarbonyl (C=S) groups is 1. The van der Waals surface area contributed by atoms with Crippen LogP contribution in [0.25, 0.3) is 28.0 Å². The van der Waals surface area contributed by atoms with Gasteiger partial charge in [0, 0.05) is 35.1 Å². The first-order chi connectivity index (χ1) is 19.2. The largest absolute Gasteiger partial charge is 0.451 e. The number of halogens is 1. The number of fused-ring (bicyclic) bond motifs is 1. The highest BCUT2D eigenvalue weighted by Crippen LogP contribution is 2.26. The Morgan fingerprint density at radius 1 is 0.975 bits per heavy atom. The van der Waals surface area contributed by atoms with E-state index >= 15 is 0 Å². The molecule has 0 bridgehead atoms. The Morgan fingerprint density at radius 3 is 2.42 bits per heavy atom. The molecule has 8 nitrogen and oxygen atoms in total. The monoisotopic (exact) mass is 572 g/mol. The van der Waals surface area contributed by atoms with E-state index in [2.05, 4.69) is 48.4 Å². The number of amides is 1. The summed E-state index contributed by atoms with van der Waals surface area (Å²) in [4.78, 5) is 16.7. The molecule has 5 aromatic rings. The van der Waals surface area contributed by atoms with E-state index in [1.807, 2.05) is 37.3 Å². The van der Waals surface area contributed by atoms with Crippen LogP contribution in [0, 0.1) is 13.8 Å². The van der Waals surface area contributed by atoms with Crippen molar-refractivity contribution < 1.29 is 9.21 Å². The van der Waals surface area contributed by atoms with E-state index in [0.717, 1.165) is 46.7 Å². The number of rotatable bonds is 7. The number of hydrogen-bond donors (Lipinski definition) is 2. The molecule has 40 heavy (non-hydrogen) atoms. The van der Waals surface area contributed by atoms with E-state index in [1.165, 1.54) is 5.69 Å². The van der Waals surface area contributed by atoms with E-state index in [4.69, 9.17) is 38.4 Å². The highest BCUT2D eigenvalue weighted by Gasteiger charge is 2.16. The van der Waals surface area contributed by atoms with E-state index in [9.17, 15) is 4.79 Å². The van der Waals surface area contributed by atoms with Gasteiger partial charge in [0.25, 0.3) is 5.91 Å². The lowest BCUT2D eigenvalue weighted by atomic mass is 10.1. The summed E-state index contributed by atoms with van der Waals surface area (Å²) in [6.45, 7) is 10.2. The van der Waals surface area contributed by atoms with Crippen molar-refractivity contribution in [3.63, 3.8) is 0 Å². The smallest absolute Gasteiger partial charge is 0.293 e. The molecule has 204 valence electrons. The number of carbonyl (C=O) groups excluding carboxylic acids is 1. The van der Waals surface area contributed by atoms with Gasteiger partial charge >= 0.3 is 0 Å². The fraction of sp³-hybridized carbons (Fsp3) is 0.200. The molecule has 0 radical (unpaired) electrons. The number of carbonyl (C=O) groups is 1. The van der Waals surface area contributed by atoms with Crippen LogP contribution in [0.3, 0.4) is 0 Å². The van der Waals surface area contributed by atoms with Crippen molar-refractivity contribution in [3.8, 4) is 17.0 Å². The van der Waals surface area contributed by atoms with Gasteiger partial charge in [-0.1, -0.05) is 23.7 Å². The van der Waals surface area contributed by atoms with Gasteiger partial charge in [-0.25, -0.2) is 0 Å². The lowest BCUT2D eigenvalue weighted by Crippen LogP contribution is -2.34. The molecule has 2 heterocycles. The van der Waals surface area contributed by atoms with Gasteiger partial charge in [0.05, 0.1) is 5.69 Å². The number of furan rings is 1. The third-order valence-electron chi connectivity index (χ3n) is 6.67. The van der Waals surface area contributed by atoms with Crippen LogP contribution in [0.1, 0.15) is 35.5 Å². The molecule has 0 saturated carbocycles. The predicted molar refractivity (Wildman–Crippen MR) is 165 cm³/mol. The summed E-state index contributed by atoms with van der Waals surface area (Å²) in [5.41, 5.74) is 7.04. The normalized spacial score (nSPS) is 11.0. The van der Waals surface area contributed by atoms with E-state index < -0.39 is 5.91 Å². The SMILES string of the molecule is CCN(CC)c1ccc(-n2nc3cc(C)c(NC(=S)NC(=O)c4ccc(-c5cccc(Cl)c5)o4)cc3n2)c(C)c1. The second-order valence-corrected chi connectivity index (χ2v) is 10.2. The molecule has 2 N–H and O–H groups in total. The average Bonchev–Trinajstić information content (AvgIpc) is 3.57. The molecule has 0 unspecified atom stereocenters. The maximum Gasteiger partial charge on any atom is 0.293 e. The van der Waals surface area contributed by atoms with Gasteiger partial charge in [-0.05, 0) is 106 Å². The van der Waals surface area contributed by atoms with Crippen molar-refractivity contribution in [3.05, 3.63) is 88.6 Å². The number of hydrogen-bond acceptors (Lipinski definition) is 6. The van der Waals surface area contributed by atoms with Crippen molar-refractivity contribution >= 4 is 57.2 Å². The lowest BCUT2D eigenvalue weighted by Gasteiger charge is -2.22. The number of nitrogens with zero attached hydrogens (tertiary/aromatic N) is 4. The summed E-state index contributed by atoms with van der Waals surface area (Å²) >= 11 is 11.5. The molecule has 0 spiro atoms. The number of nitrogens with one attached hydrogen (secondary N) is 2. The zero-order valence-corrected chi connectivity index (χ0v) is 24.2. The van der Waals surface area contributed by atoms with Gasteiger partial charge in [0.1, 0.15) is 16.8 Å². The Kier molecular flexibility index (Phi) is 7.86. The minimum atomic E-state index is -0.459. The maximum atomic E-state index is 12.8. The fourth-order valence-electron chi connectivity index (χ4n) is 4.53. The number of anilines is 2. The Hall–Kier alpha value is -4.21. The van der Waals surface area contributed by atoms with Crippen LogP contribution >= 0.6 is 23.8 Å². The van der Waals surface area contributed by atoms with Crippen molar-refractivity contribution in [2.45, 2.75) is 27.7 Å². The predicted octanol–water partition coefficient (Wildman–Crippen LogP) is 6.92. The van der Waals surface area contributed by atoms with Crippen molar-refractivity contribution in [1.29, 1.82) is 0 Å². The van der Waals surface area contributed by atoms with Crippen molar-refractivity contribution in [2.75, 3.05) is 23.3 Å². The van der Waals surface area contributed by atoms with Crippen LogP contribution in [0.15, 0.2) is 71.1 Å². The number of aryl methyl sites for hydroxylation is 2. The number of aromatic nitrogens is 3. The van der Waals surface area contributed by atoms with Crippen LogP contribution < -0.4 is 15.5 Å². The van der Waals surface area contributed by atoms with Gasteiger partial charge in [-0.2, -0.15) is 4.80 Å². The highest BCUT2D eigenvalue weighted by atomic mass is 35.5. The Bertz CT molecular complexity index is 1720. The first-order valence-corrected chi connectivity index (χ1v) is 13.8. The molecule has 0 atom stereocenters. The second-order valence-electron chi connectivity index (χ2n) is 9.37. The third-order valence-corrected chi connectivity index (χ3v) is 7.10. The van der Waals surface area contributed by atoms with Gasteiger partial charge in [-0.3, -0.25) is 10.1 Å². The van der Waals surface area contributed by atoms with E-state index in [1.54, 1.807) is 29.1 Å². The number of benzene rings is 3. The second kappa shape index (κ2) is 11.5. The van der Waals surface area contributed by atoms with Crippen LogP contribution in [0.5, 0.6) is 0 Å². The molecule has 0 fully saturated rings. The molecule has 0 aliphatic heterocycles. The maximum absolute atomic E-state index is 12.8. The summed E-state index contributed by atoms with van der Waals surface area (Å²) in [7, 11) is 0. The zero-order valence-electron chi connectivity index (χ0n) is 22.7. The zero-order chi connectivity index (χ0) is 28.4. The summed E-state index contributed by atoms with van der Waals surface area (Å²) < 4.78 is 5.72. The minimum absolute atomic E-state index is 0.136. The van der Waals surface area contributed by atoms with Gasteiger partial charge in [-0.15, -0.1) is 10.2 Å². The molecule has 3 aromatic carbocycles. The van der Waals surface area contributed by atoms with E-state index in [0.29, 0.717) is 16.3 Å².